The normalized spacial score (nSPS) is 16.2. The van der Waals surface area contributed by atoms with Crippen LogP contribution in [0.1, 0.15) is 12.0 Å². The summed E-state index contributed by atoms with van der Waals surface area (Å²) in [4.78, 5) is 4.11. The van der Waals surface area contributed by atoms with Crippen molar-refractivity contribution in [1.82, 2.24) is 25.1 Å². The van der Waals surface area contributed by atoms with E-state index in [9.17, 15) is 0 Å². The van der Waals surface area contributed by atoms with Gasteiger partial charge in [-0.05, 0) is 18.6 Å². The summed E-state index contributed by atoms with van der Waals surface area (Å²) in [6.07, 6.45) is 1.03. The van der Waals surface area contributed by atoms with Gasteiger partial charge in [0.1, 0.15) is 0 Å². The molecule has 0 unspecified atom stereocenters. The summed E-state index contributed by atoms with van der Waals surface area (Å²) >= 11 is 0. The van der Waals surface area contributed by atoms with Crippen molar-refractivity contribution in [3.63, 3.8) is 0 Å². The van der Waals surface area contributed by atoms with E-state index < -0.39 is 0 Å². The molecule has 0 atom stereocenters. The van der Waals surface area contributed by atoms with Gasteiger partial charge in [-0.2, -0.15) is 4.80 Å². The molecule has 2 heterocycles. The van der Waals surface area contributed by atoms with Crippen molar-refractivity contribution in [2.75, 3.05) is 32.8 Å². The van der Waals surface area contributed by atoms with E-state index in [-0.39, 0.29) is 0 Å². The smallest absolute Gasteiger partial charge is 0.204 e. The fourth-order valence-corrected chi connectivity index (χ4v) is 2.42. The van der Waals surface area contributed by atoms with Crippen LogP contribution < -0.4 is 0 Å². The number of hydrogen-bond acceptors (Lipinski definition) is 5. The largest absolute Gasteiger partial charge is 0.379 e. The maximum atomic E-state index is 5.34. The van der Waals surface area contributed by atoms with Gasteiger partial charge in [0.2, 0.25) is 5.82 Å². The monoisotopic (exact) mass is 287 g/mol. The molecule has 1 aromatic carbocycles. The predicted octanol–water partition coefficient (Wildman–Crippen LogP) is 1.37. The highest BCUT2D eigenvalue weighted by atomic mass is 16.5. The van der Waals surface area contributed by atoms with Crippen molar-refractivity contribution < 1.29 is 4.74 Å². The molecule has 1 saturated heterocycles. The van der Waals surface area contributed by atoms with Gasteiger partial charge in [-0.15, -0.1) is 10.2 Å². The molecule has 0 aliphatic carbocycles. The van der Waals surface area contributed by atoms with Crippen molar-refractivity contribution in [2.24, 2.45) is 0 Å². The number of aromatic nitrogens is 4. The van der Waals surface area contributed by atoms with E-state index in [1.165, 1.54) is 5.56 Å². The summed E-state index contributed by atoms with van der Waals surface area (Å²) in [6, 6.07) is 8.19. The van der Waals surface area contributed by atoms with Crippen LogP contribution in [0.5, 0.6) is 0 Å². The molecule has 0 radical (unpaired) electrons. The molecule has 112 valence electrons. The quantitative estimate of drug-likeness (QED) is 0.831. The molecule has 1 aliphatic heterocycles. The minimum atomic E-state index is 0.696. The number of nitrogens with zero attached hydrogens (tertiary/aromatic N) is 5. The second-order valence-electron chi connectivity index (χ2n) is 5.38. The van der Waals surface area contributed by atoms with Gasteiger partial charge in [0.15, 0.2) is 0 Å². The van der Waals surface area contributed by atoms with Gasteiger partial charge >= 0.3 is 0 Å². The number of rotatable bonds is 5. The van der Waals surface area contributed by atoms with Gasteiger partial charge < -0.3 is 4.74 Å². The number of aryl methyl sites for hydroxylation is 2. The van der Waals surface area contributed by atoms with Gasteiger partial charge in [-0.1, -0.05) is 29.8 Å². The average Bonchev–Trinajstić information content (AvgIpc) is 2.98. The van der Waals surface area contributed by atoms with E-state index in [0.717, 1.165) is 51.4 Å². The van der Waals surface area contributed by atoms with Gasteiger partial charge in [0, 0.05) is 25.2 Å². The molecular weight excluding hydrogens is 266 g/mol. The highest BCUT2D eigenvalue weighted by molar-refractivity contribution is 5.53. The molecule has 1 aliphatic rings. The summed E-state index contributed by atoms with van der Waals surface area (Å²) in [7, 11) is 0. The first kappa shape index (κ1) is 14.2. The Labute approximate surface area is 124 Å². The Morgan fingerprint density at radius 1 is 1.10 bits per heavy atom. The van der Waals surface area contributed by atoms with Gasteiger partial charge in [0.05, 0.1) is 19.8 Å². The molecule has 0 amide bonds. The molecule has 1 fully saturated rings. The highest BCUT2D eigenvalue weighted by Crippen LogP contribution is 2.13. The maximum Gasteiger partial charge on any atom is 0.204 e. The Kier molecular flexibility index (Phi) is 4.57. The number of benzene rings is 1. The lowest BCUT2D eigenvalue weighted by Crippen LogP contribution is -2.37. The van der Waals surface area contributed by atoms with Crippen LogP contribution in [0.4, 0.5) is 0 Å². The zero-order chi connectivity index (χ0) is 14.5. The number of morpholine rings is 1. The summed E-state index contributed by atoms with van der Waals surface area (Å²) in [5, 5.41) is 12.7. The molecule has 0 saturated carbocycles. The van der Waals surface area contributed by atoms with Crippen LogP contribution in [0.15, 0.2) is 24.3 Å². The summed E-state index contributed by atoms with van der Waals surface area (Å²) in [5.41, 5.74) is 2.25. The minimum absolute atomic E-state index is 0.696. The topological polar surface area (TPSA) is 56.1 Å². The number of tetrazole rings is 1. The van der Waals surface area contributed by atoms with E-state index >= 15 is 0 Å². The van der Waals surface area contributed by atoms with E-state index in [0.29, 0.717) is 5.82 Å². The fourth-order valence-electron chi connectivity index (χ4n) is 2.42. The molecule has 0 N–H and O–H groups in total. The molecule has 0 spiro atoms. The predicted molar refractivity (Wildman–Crippen MR) is 79.9 cm³/mol. The van der Waals surface area contributed by atoms with Crippen molar-refractivity contribution in [3.05, 3.63) is 29.8 Å². The third-order valence-corrected chi connectivity index (χ3v) is 3.70. The zero-order valence-corrected chi connectivity index (χ0v) is 12.4. The Morgan fingerprint density at radius 2 is 1.86 bits per heavy atom. The van der Waals surface area contributed by atoms with Crippen LogP contribution in [0.2, 0.25) is 0 Å². The van der Waals surface area contributed by atoms with E-state index in [1.54, 1.807) is 4.80 Å². The first-order valence-corrected chi connectivity index (χ1v) is 7.46. The van der Waals surface area contributed by atoms with E-state index in [2.05, 4.69) is 39.4 Å². The summed E-state index contributed by atoms with van der Waals surface area (Å²) in [5.74, 6) is 0.696. The molecule has 6 nitrogen and oxygen atoms in total. The summed E-state index contributed by atoms with van der Waals surface area (Å²) < 4.78 is 5.34. The average molecular weight is 287 g/mol. The highest BCUT2D eigenvalue weighted by Gasteiger charge is 2.10. The molecule has 21 heavy (non-hydrogen) atoms. The van der Waals surface area contributed by atoms with Crippen molar-refractivity contribution in [1.29, 1.82) is 0 Å². The Hall–Kier alpha value is -1.79. The van der Waals surface area contributed by atoms with Crippen LogP contribution >= 0.6 is 0 Å². The van der Waals surface area contributed by atoms with Crippen molar-refractivity contribution in [2.45, 2.75) is 19.9 Å². The van der Waals surface area contributed by atoms with Crippen molar-refractivity contribution in [3.8, 4) is 11.4 Å². The molecule has 3 rings (SSSR count). The van der Waals surface area contributed by atoms with Crippen LogP contribution in [0.25, 0.3) is 11.4 Å². The Bertz CT molecular complexity index is 560. The van der Waals surface area contributed by atoms with Crippen LogP contribution in [-0.4, -0.2) is 58.0 Å². The van der Waals surface area contributed by atoms with E-state index in [4.69, 9.17) is 4.74 Å². The first-order valence-electron chi connectivity index (χ1n) is 7.46. The third-order valence-electron chi connectivity index (χ3n) is 3.70. The lowest BCUT2D eigenvalue weighted by atomic mass is 10.1. The molecule has 0 bridgehead atoms. The van der Waals surface area contributed by atoms with Gasteiger partial charge in [-0.25, -0.2) is 0 Å². The van der Waals surface area contributed by atoms with Gasteiger partial charge in [-0.3, -0.25) is 4.90 Å². The fraction of sp³-hybridized carbons (Fsp3) is 0.533. The van der Waals surface area contributed by atoms with Crippen molar-refractivity contribution >= 4 is 0 Å². The zero-order valence-electron chi connectivity index (χ0n) is 12.4. The van der Waals surface area contributed by atoms with Crippen LogP contribution in [-0.2, 0) is 11.3 Å². The molecule has 6 heteroatoms. The van der Waals surface area contributed by atoms with Crippen LogP contribution in [0.3, 0.4) is 0 Å². The second kappa shape index (κ2) is 6.78. The lowest BCUT2D eigenvalue weighted by Gasteiger charge is -2.26. The Balaban J connectivity index is 1.51. The maximum absolute atomic E-state index is 5.34. The van der Waals surface area contributed by atoms with Gasteiger partial charge in [0.25, 0.3) is 0 Å². The minimum Gasteiger partial charge on any atom is -0.379 e. The third kappa shape index (κ3) is 3.86. The summed E-state index contributed by atoms with van der Waals surface area (Å²) in [6.45, 7) is 7.68. The molecule has 1 aromatic heterocycles. The van der Waals surface area contributed by atoms with E-state index in [1.807, 2.05) is 12.1 Å². The molecule has 2 aromatic rings. The molecular formula is C15H21N5O. The number of hydrogen-bond donors (Lipinski definition) is 0. The number of ether oxygens (including phenoxy) is 1. The second-order valence-corrected chi connectivity index (χ2v) is 5.38. The first-order chi connectivity index (χ1) is 10.3. The Morgan fingerprint density at radius 3 is 2.62 bits per heavy atom. The SMILES string of the molecule is Cc1ccc(-c2nnn(CCCN3CCOCC3)n2)cc1. The standard InChI is InChI=1S/C15H21N5O/c1-13-3-5-14(6-4-13)15-16-18-20(17-15)8-2-7-19-9-11-21-12-10-19/h3-6H,2,7-12H2,1H3. The van der Waals surface area contributed by atoms with Crippen LogP contribution in [0, 0.1) is 6.92 Å². The lowest BCUT2D eigenvalue weighted by molar-refractivity contribution is 0.0367.